The lowest BCUT2D eigenvalue weighted by Gasteiger charge is -2.75. The number of ether oxygens (including phenoxy) is 5. The Hall–Kier alpha value is -7.84. The van der Waals surface area contributed by atoms with Crippen molar-refractivity contribution in [3.8, 4) is 40.2 Å². The minimum atomic E-state index is -0.946. The first-order valence-electron chi connectivity index (χ1n) is 57.4. The Labute approximate surface area is 878 Å². The fourth-order valence-electron chi connectivity index (χ4n) is 35.9. The van der Waals surface area contributed by atoms with Crippen LogP contribution in [0.15, 0.2) is 121 Å². The third kappa shape index (κ3) is 16.5. The van der Waals surface area contributed by atoms with Gasteiger partial charge in [0.1, 0.15) is 46.8 Å². The molecule has 5 spiro atoms. The first-order valence-corrected chi connectivity index (χ1v) is 58.3. The Morgan fingerprint density at radius 2 is 1.08 bits per heavy atom. The molecule has 8 heterocycles. The van der Waals surface area contributed by atoms with Crippen LogP contribution in [0, 0.1) is 57.7 Å². The van der Waals surface area contributed by atoms with Crippen LogP contribution in [0.1, 0.15) is 336 Å². The highest BCUT2D eigenvalue weighted by atomic mass is 32.1. The molecular weight excluding hydrogens is 1850 g/mol. The number of primary amides is 2. The molecule has 11 saturated carbocycles. The number of aryl methyl sites for hydroxylation is 1. The van der Waals surface area contributed by atoms with Crippen LogP contribution in [0.3, 0.4) is 0 Å². The SMILES string of the molecule is CCC1(c2cccc(O)c2)CCCCN(C)C1.CN1CCC23c4cccc(O)c4O[C@H]2CCC[C@H]3C1.CO[C@]12CC[C@@]3(CC1[C@](C)(O)CCc1cccs1)[C@H]1Cc4ccc(O)c5c4[C@@]3(CCN1CC1CC1)[C@H]2O5.CO[C@]12CC[C@@]3(C[C@@H]1[C@](C)(O)C(C)(C)C)[C@H]1Cc4ccc(C(N)=O)c5c4[C@@]3(CCN1CC1CC1)[C@H]2O5.C[C@@]12CCCCC[C@@H](Cc3ccc(C(N)=O)cc31)[C@@H]2N.C[C@@]12CCCCC[C@@H](Cc3ccc(O)cc31)[C@@H]2N. The van der Waals surface area contributed by atoms with Gasteiger partial charge in [-0.3, -0.25) is 19.4 Å². The number of piperidine rings is 3. The van der Waals surface area contributed by atoms with E-state index in [-0.39, 0.29) is 103 Å². The summed E-state index contributed by atoms with van der Waals surface area (Å²) in [5, 5.41) is 67.2. The molecule has 3 unspecified atom stereocenters. The van der Waals surface area contributed by atoms with Crippen LogP contribution in [0.2, 0.25) is 0 Å². The van der Waals surface area contributed by atoms with Gasteiger partial charge >= 0.3 is 0 Å². The summed E-state index contributed by atoms with van der Waals surface area (Å²) in [6.07, 6.45) is 41.3. The predicted octanol–water partition coefficient (Wildman–Crippen LogP) is 20.2. The number of methoxy groups -OCH3 is 2. The number of amides is 2. The molecule has 7 aliphatic heterocycles. The van der Waals surface area contributed by atoms with E-state index in [9.17, 15) is 40.2 Å². The molecular formula is C125H172N8O13S. The summed E-state index contributed by atoms with van der Waals surface area (Å²) in [6.45, 7) is 26.5. The van der Waals surface area contributed by atoms with Crippen LogP contribution in [0.25, 0.3) is 0 Å². The number of thiophene rings is 1. The molecule has 29 rings (SSSR count). The lowest BCUT2D eigenvalue weighted by Crippen LogP contribution is -2.83. The second-order valence-corrected chi connectivity index (χ2v) is 53.5. The van der Waals surface area contributed by atoms with E-state index in [4.69, 9.17) is 46.6 Å². The largest absolute Gasteiger partial charge is 0.508 e. The number of phenols is 4. The molecule has 12 bridgehead atoms. The number of nitrogens with zero attached hydrogens (tertiary/aromatic N) is 4. The minimum Gasteiger partial charge on any atom is -0.508 e. The number of likely N-dealkylation sites (N-methyl/N-ethyl adjacent to an activating group) is 1. The molecule has 24 atom stereocenters. The van der Waals surface area contributed by atoms with Gasteiger partial charge in [-0.2, -0.15) is 0 Å². The van der Waals surface area contributed by atoms with Gasteiger partial charge in [-0.15, -0.1) is 11.3 Å². The molecule has 2 amide bonds. The Morgan fingerprint density at radius 3 is 1.67 bits per heavy atom. The lowest BCUT2D eigenvalue weighted by atomic mass is 9.33. The Balaban J connectivity index is 0.000000104. The summed E-state index contributed by atoms with van der Waals surface area (Å²) in [7, 11) is 8.08. The Morgan fingerprint density at radius 1 is 0.510 bits per heavy atom. The van der Waals surface area contributed by atoms with Crippen LogP contribution in [0.4, 0.5) is 0 Å². The number of hydrogen-bond acceptors (Lipinski definition) is 20. The van der Waals surface area contributed by atoms with E-state index < -0.39 is 28.3 Å². The molecule has 4 saturated heterocycles. The van der Waals surface area contributed by atoms with Gasteiger partial charge < -0.3 is 87.1 Å². The third-order valence-electron chi connectivity index (χ3n) is 44.4. The van der Waals surface area contributed by atoms with Crippen molar-refractivity contribution in [2.24, 2.45) is 80.6 Å². The van der Waals surface area contributed by atoms with E-state index in [0.29, 0.717) is 69.7 Å². The number of aromatic hydroxyl groups is 4. The van der Waals surface area contributed by atoms with Crippen LogP contribution in [-0.2, 0) is 74.1 Å². The van der Waals surface area contributed by atoms with Gasteiger partial charge in [-0.25, -0.2) is 0 Å². The van der Waals surface area contributed by atoms with Crippen LogP contribution in [0.5, 0.6) is 40.2 Å². The van der Waals surface area contributed by atoms with E-state index in [1.54, 1.807) is 23.5 Å². The van der Waals surface area contributed by atoms with Gasteiger partial charge in [0.2, 0.25) is 5.91 Å². The highest BCUT2D eigenvalue weighted by molar-refractivity contribution is 7.09. The maximum absolute atomic E-state index is 12.6. The molecule has 22 heteroatoms. The van der Waals surface area contributed by atoms with Crippen molar-refractivity contribution >= 4 is 23.2 Å². The van der Waals surface area contributed by atoms with E-state index >= 15 is 0 Å². The number of phenolic OH excluding ortho intramolecular Hbond substituents is 4. The second kappa shape index (κ2) is 38.4. The molecule has 15 fully saturated rings. The zero-order valence-corrected chi connectivity index (χ0v) is 91.1. The summed E-state index contributed by atoms with van der Waals surface area (Å²) in [5.41, 5.74) is 35.5. The maximum Gasteiger partial charge on any atom is 0.252 e. The van der Waals surface area contributed by atoms with Crippen molar-refractivity contribution in [1.82, 2.24) is 19.6 Å². The number of nitrogens with two attached hydrogens (primary N) is 4. The number of aliphatic hydroxyl groups is 2. The van der Waals surface area contributed by atoms with Gasteiger partial charge in [-0.05, 0) is 380 Å². The second-order valence-electron chi connectivity index (χ2n) is 52.4. The molecule has 1 aromatic heterocycles. The molecule has 21 nitrogen and oxygen atoms in total. The van der Waals surface area contributed by atoms with E-state index in [1.165, 1.54) is 189 Å². The molecule has 796 valence electrons. The standard InChI is InChI=1S/C31H39NO4S.C30H42N2O4.C17H24N2O.C16H21NO2.C16H23NO.C15H23NO/c1-28(34,10-9-21-4-3-15-37-21)23-17-29-11-12-31(23,35-2)27-30(29)13-14-32(18-19-5-6-19)24(29)16-20-7-8-22(33)26(36-27)25(20)30;1-26(2,3)27(4,34)20-15-28-10-11-30(20,35-5)25-29(28)12-13-32(16-17-6-7-17)21(28)14-18-8-9-19(24(31)33)23(36-25)22(18)29;1-17-8-4-2-3-5-12(15(17)18)9-11-6-7-13(16(19)20)10-14(11)17;1-17-9-8-16-11(10-17)4-2-7-14(16)19-15-12(16)5-3-6-13(15)18;1-16-8-4-2-3-5-12(15(16)17)9-11-6-7-13(18)10-14(11)16;1-3-15(9-4-5-10-16(2)12-15)13-7-6-8-14(17)11-13/h3-4,7-8,15,19,23-24,27,33-34H,5-6,9-14,16-18H2,1-2H3;8-9,17,20-21,25,34H,6-7,10-16H2,1-5H3,(H2,31,33);6-7,10,12,15H,2-5,8-9,18H2,1H3,(H2,19,20);3,5-6,11,14,18H,2,4,7-10H2,1H3;6-7,10,12,15,18H,2-5,8-9,17H2,1H3;6-8,11,17H,3-5,9-10,12H2,1-2H3/t23?,24-,27-,28-,29-,30+,31-;20-,21-,25-,27+,28-,29+,30-;12-,15-,17+;11-,14-,16?;12-,15-,16+;/m11000./s1. The van der Waals surface area contributed by atoms with Gasteiger partial charge in [-0.1, -0.05) is 141 Å². The molecule has 22 aliphatic rings. The maximum atomic E-state index is 12.6. The van der Waals surface area contributed by atoms with Crippen molar-refractivity contribution in [2.75, 3.05) is 80.7 Å². The molecule has 15 aliphatic carbocycles. The van der Waals surface area contributed by atoms with Crippen molar-refractivity contribution in [2.45, 2.75) is 384 Å². The van der Waals surface area contributed by atoms with Gasteiger partial charge in [0, 0.05) is 147 Å². The number of fused-ring (bicyclic) bond motifs is 13. The Bertz CT molecular complexity index is 6070. The molecule has 7 aromatic rings. The number of hydrogen-bond donors (Lipinski definition) is 10. The summed E-state index contributed by atoms with van der Waals surface area (Å²) in [5.74, 6) is 6.23. The van der Waals surface area contributed by atoms with Crippen molar-refractivity contribution in [1.29, 1.82) is 0 Å². The van der Waals surface area contributed by atoms with E-state index in [0.717, 1.165) is 172 Å². The average molecular weight is 2030 g/mol. The summed E-state index contributed by atoms with van der Waals surface area (Å²) in [4.78, 5) is 35.9. The smallest absolute Gasteiger partial charge is 0.252 e. The number of rotatable bonds is 15. The molecule has 0 radical (unpaired) electrons. The van der Waals surface area contributed by atoms with Gasteiger partial charge in [0.25, 0.3) is 5.91 Å². The number of para-hydroxylation sites is 1. The first kappa shape index (κ1) is 104. The predicted molar refractivity (Wildman–Crippen MR) is 580 cm³/mol. The van der Waals surface area contributed by atoms with Gasteiger partial charge in [0.05, 0.1) is 16.8 Å². The van der Waals surface area contributed by atoms with Gasteiger partial charge in [0.15, 0.2) is 23.0 Å². The van der Waals surface area contributed by atoms with Crippen LogP contribution in [-0.4, -0.2) is 208 Å². The molecule has 6 aromatic carbocycles. The number of carbonyl (C=O) groups excluding carboxylic acids is 2. The van der Waals surface area contributed by atoms with E-state index in [1.807, 2.05) is 75.7 Å². The Kier molecular flexibility index (Phi) is 27.1. The quantitative estimate of drug-likeness (QED) is 0.0456. The highest BCUT2D eigenvalue weighted by Crippen LogP contribution is 2.81. The number of carbonyl (C=O) groups is 2. The summed E-state index contributed by atoms with van der Waals surface area (Å²) >= 11 is 1.77. The summed E-state index contributed by atoms with van der Waals surface area (Å²) in [6, 6.07) is 39.2. The van der Waals surface area contributed by atoms with E-state index in [2.05, 4.69) is 136 Å². The zero-order chi connectivity index (χ0) is 103. The fraction of sp³-hybridized carbons (Fsp3) is 0.664. The van der Waals surface area contributed by atoms with Crippen molar-refractivity contribution in [3.63, 3.8) is 0 Å². The lowest BCUT2D eigenvalue weighted by molar-refractivity contribution is -0.312. The van der Waals surface area contributed by atoms with Crippen molar-refractivity contribution < 1.29 is 63.9 Å². The van der Waals surface area contributed by atoms with Crippen LogP contribution < -0.4 is 37.1 Å². The number of likely N-dealkylation sites (tertiary alicyclic amines) is 4. The molecule has 147 heavy (non-hydrogen) atoms. The number of benzene rings is 6. The third-order valence-corrected chi connectivity index (χ3v) is 45.3. The normalized spacial score (nSPS) is 37.3. The molecule has 14 N–H and O–H groups in total. The minimum absolute atomic E-state index is 0.00979. The van der Waals surface area contributed by atoms with Crippen molar-refractivity contribution in [3.05, 3.63) is 192 Å². The monoisotopic (exact) mass is 2030 g/mol. The average Bonchev–Trinajstić information content (AvgIpc) is 1.49. The zero-order valence-electron chi connectivity index (χ0n) is 90.3. The van der Waals surface area contributed by atoms with Crippen LogP contribution >= 0.6 is 11.3 Å². The summed E-state index contributed by atoms with van der Waals surface area (Å²) < 4.78 is 33.3. The first-order chi connectivity index (χ1) is 70.3. The fourth-order valence-corrected chi connectivity index (χ4v) is 36.6. The topological polar surface area (TPSA) is 319 Å². The highest BCUT2D eigenvalue weighted by Gasteiger charge is 2.85.